The number of aryl methyl sites for hydroxylation is 1. The number of rotatable bonds is 5. The predicted octanol–water partition coefficient (Wildman–Crippen LogP) is 5.14. The van der Waals surface area contributed by atoms with Gasteiger partial charge in [-0.2, -0.15) is 0 Å². The van der Waals surface area contributed by atoms with Crippen LogP contribution >= 0.6 is 15.9 Å². The summed E-state index contributed by atoms with van der Waals surface area (Å²) in [4.78, 5) is 3.22. The Balaban J connectivity index is 1.63. The maximum atomic E-state index is 13.2. The third-order valence-electron chi connectivity index (χ3n) is 4.99. The number of hydrogen-bond acceptors (Lipinski definition) is 4. The third kappa shape index (κ3) is 4.42. The van der Waals surface area contributed by atoms with E-state index in [1.807, 2.05) is 31.2 Å². The molecule has 0 unspecified atom stereocenters. The molecule has 0 bridgehead atoms. The van der Waals surface area contributed by atoms with E-state index < -0.39 is 9.84 Å². The fourth-order valence-electron chi connectivity index (χ4n) is 3.37. The minimum Gasteiger partial charge on any atom is -0.490 e. The number of aromatic nitrogens is 1. The standard InChI is InChI=1S/C22H22BrNO4S/c1-15-2-8-19(9-3-15)29(25,26)22-20(14-21(23)24-22)16-4-6-17(7-5-16)28-18-10-12-27-13-11-18/h2-9,14,18,24H,10-13H2,1H3. The molecule has 0 amide bonds. The number of benzene rings is 2. The van der Waals surface area contributed by atoms with E-state index in [2.05, 4.69) is 20.9 Å². The highest BCUT2D eigenvalue weighted by molar-refractivity contribution is 9.10. The normalized spacial score (nSPS) is 15.4. The first-order chi connectivity index (χ1) is 13.9. The highest BCUT2D eigenvalue weighted by Gasteiger charge is 2.25. The van der Waals surface area contributed by atoms with Gasteiger partial charge in [0.15, 0.2) is 0 Å². The van der Waals surface area contributed by atoms with E-state index in [0.29, 0.717) is 10.2 Å². The summed E-state index contributed by atoms with van der Waals surface area (Å²) in [6, 6.07) is 16.2. The lowest BCUT2D eigenvalue weighted by Crippen LogP contribution is -2.25. The van der Waals surface area contributed by atoms with Gasteiger partial charge in [0.1, 0.15) is 16.9 Å². The van der Waals surface area contributed by atoms with Gasteiger partial charge in [0.25, 0.3) is 0 Å². The summed E-state index contributed by atoms with van der Waals surface area (Å²) in [5.41, 5.74) is 2.43. The third-order valence-corrected chi connectivity index (χ3v) is 7.16. The summed E-state index contributed by atoms with van der Waals surface area (Å²) in [7, 11) is -3.68. The molecule has 1 N–H and O–H groups in total. The Morgan fingerprint density at radius 3 is 2.34 bits per heavy atom. The molecule has 29 heavy (non-hydrogen) atoms. The monoisotopic (exact) mass is 475 g/mol. The van der Waals surface area contributed by atoms with Gasteiger partial charge < -0.3 is 14.5 Å². The SMILES string of the molecule is Cc1ccc(S(=O)(=O)c2[nH]c(Br)cc2-c2ccc(OC3CCOCC3)cc2)cc1. The molecule has 0 spiro atoms. The van der Waals surface area contributed by atoms with E-state index in [4.69, 9.17) is 9.47 Å². The summed E-state index contributed by atoms with van der Waals surface area (Å²) in [5, 5.41) is 0.173. The maximum absolute atomic E-state index is 13.2. The second kappa shape index (κ2) is 8.34. The fourth-order valence-corrected chi connectivity index (χ4v) is 5.36. The number of sulfone groups is 1. The van der Waals surface area contributed by atoms with Crippen LogP contribution in [-0.4, -0.2) is 32.7 Å². The lowest BCUT2D eigenvalue weighted by atomic mass is 10.1. The number of H-pyrrole nitrogens is 1. The minimum atomic E-state index is -3.68. The Hall–Kier alpha value is -2.09. The molecule has 5 nitrogen and oxygen atoms in total. The smallest absolute Gasteiger partial charge is 0.222 e. The molecule has 1 aromatic heterocycles. The first-order valence-corrected chi connectivity index (χ1v) is 11.8. The summed E-state index contributed by atoms with van der Waals surface area (Å²) < 4.78 is 38.4. The zero-order valence-corrected chi connectivity index (χ0v) is 18.4. The van der Waals surface area contributed by atoms with Crippen molar-refractivity contribution in [1.29, 1.82) is 0 Å². The molecule has 2 aromatic carbocycles. The van der Waals surface area contributed by atoms with Crippen molar-refractivity contribution < 1.29 is 17.9 Å². The lowest BCUT2D eigenvalue weighted by molar-refractivity contribution is 0.0256. The topological polar surface area (TPSA) is 68.4 Å². The van der Waals surface area contributed by atoms with Crippen molar-refractivity contribution in [3.05, 3.63) is 64.8 Å². The summed E-state index contributed by atoms with van der Waals surface area (Å²) in [6.07, 6.45) is 1.92. The molecule has 4 rings (SSSR count). The van der Waals surface area contributed by atoms with E-state index in [0.717, 1.165) is 42.9 Å². The number of halogens is 1. The van der Waals surface area contributed by atoms with E-state index in [1.54, 1.807) is 30.3 Å². The quantitative estimate of drug-likeness (QED) is 0.554. The van der Waals surface area contributed by atoms with Gasteiger partial charge >= 0.3 is 0 Å². The molecule has 0 saturated carbocycles. The van der Waals surface area contributed by atoms with Crippen LogP contribution in [0.3, 0.4) is 0 Å². The molecular weight excluding hydrogens is 454 g/mol. The second-order valence-electron chi connectivity index (χ2n) is 7.13. The van der Waals surface area contributed by atoms with Crippen LogP contribution in [-0.2, 0) is 14.6 Å². The Morgan fingerprint density at radius 1 is 1.03 bits per heavy atom. The molecular formula is C22H22BrNO4S. The van der Waals surface area contributed by atoms with Crippen LogP contribution in [0.5, 0.6) is 5.75 Å². The van der Waals surface area contributed by atoms with Gasteiger partial charge in [-0.1, -0.05) is 29.8 Å². The second-order valence-corrected chi connectivity index (χ2v) is 9.87. The molecule has 1 aliphatic heterocycles. The van der Waals surface area contributed by atoms with Crippen molar-refractivity contribution in [3.63, 3.8) is 0 Å². The van der Waals surface area contributed by atoms with Gasteiger partial charge in [-0.25, -0.2) is 8.42 Å². The molecule has 1 fully saturated rings. The van der Waals surface area contributed by atoms with E-state index in [-0.39, 0.29) is 16.0 Å². The van der Waals surface area contributed by atoms with Crippen LogP contribution in [0.25, 0.3) is 11.1 Å². The van der Waals surface area contributed by atoms with Crippen LogP contribution in [0.15, 0.2) is 69.1 Å². The average molecular weight is 476 g/mol. The largest absolute Gasteiger partial charge is 0.490 e. The Morgan fingerprint density at radius 2 is 1.69 bits per heavy atom. The van der Waals surface area contributed by atoms with Gasteiger partial charge in [0, 0.05) is 18.4 Å². The van der Waals surface area contributed by atoms with E-state index >= 15 is 0 Å². The molecule has 7 heteroatoms. The van der Waals surface area contributed by atoms with Crippen LogP contribution in [0.1, 0.15) is 18.4 Å². The number of ether oxygens (including phenoxy) is 2. The molecule has 3 aromatic rings. The molecule has 152 valence electrons. The fraction of sp³-hybridized carbons (Fsp3) is 0.273. The number of nitrogens with one attached hydrogen (secondary N) is 1. The molecule has 1 saturated heterocycles. The highest BCUT2D eigenvalue weighted by atomic mass is 79.9. The van der Waals surface area contributed by atoms with Crippen LogP contribution in [0, 0.1) is 6.92 Å². The summed E-state index contributed by atoms with van der Waals surface area (Å²) in [6.45, 7) is 3.37. The minimum absolute atomic E-state index is 0.161. The molecule has 2 heterocycles. The maximum Gasteiger partial charge on any atom is 0.222 e. The Kier molecular flexibility index (Phi) is 5.81. The molecule has 1 aliphatic rings. The van der Waals surface area contributed by atoms with Gasteiger partial charge in [-0.15, -0.1) is 0 Å². The van der Waals surface area contributed by atoms with Crippen molar-refractivity contribution in [2.24, 2.45) is 0 Å². The Labute approximate surface area is 179 Å². The van der Waals surface area contributed by atoms with Crippen LogP contribution < -0.4 is 4.74 Å². The van der Waals surface area contributed by atoms with Crippen molar-refractivity contribution in [2.75, 3.05) is 13.2 Å². The first-order valence-electron chi connectivity index (χ1n) is 9.48. The first kappa shape index (κ1) is 20.2. The van der Waals surface area contributed by atoms with Gasteiger partial charge in [-0.3, -0.25) is 0 Å². The highest BCUT2D eigenvalue weighted by Crippen LogP contribution is 2.34. The average Bonchev–Trinajstić information content (AvgIpc) is 3.12. The van der Waals surface area contributed by atoms with Gasteiger partial charge in [-0.05, 0) is 58.7 Å². The van der Waals surface area contributed by atoms with E-state index in [1.165, 1.54) is 0 Å². The van der Waals surface area contributed by atoms with Crippen molar-refractivity contribution >= 4 is 25.8 Å². The molecule has 0 aliphatic carbocycles. The number of aromatic amines is 1. The van der Waals surface area contributed by atoms with Crippen molar-refractivity contribution in [2.45, 2.75) is 35.8 Å². The lowest BCUT2D eigenvalue weighted by Gasteiger charge is -2.23. The predicted molar refractivity (Wildman–Crippen MR) is 115 cm³/mol. The number of hydrogen-bond donors (Lipinski definition) is 1. The van der Waals surface area contributed by atoms with Crippen LogP contribution in [0.2, 0.25) is 0 Å². The van der Waals surface area contributed by atoms with Crippen molar-refractivity contribution in [1.82, 2.24) is 4.98 Å². The Bertz CT molecular complexity index is 1080. The van der Waals surface area contributed by atoms with E-state index in [9.17, 15) is 8.42 Å². The zero-order valence-electron chi connectivity index (χ0n) is 16.0. The molecule has 0 atom stereocenters. The summed E-state index contributed by atoms with van der Waals surface area (Å²) >= 11 is 3.38. The zero-order chi connectivity index (χ0) is 20.4. The van der Waals surface area contributed by atoms with Gasteiger partial charge in [0.2, 0.25) is 9.84 Å². The van der Waals surface area contributed by atoms with Crippen LogP contribution in [0.4, 0.5) is 0 Å². The molecule has 0 radical (unpaired) electrons. The summed E-state index contributed by atoms with van der Waals surface area (Å²) in [5.74, 6) is 0.776. The van der Waals surface area contributed by atoms with Gasteiger partial charge in [0.05, 0.1) is 22.7 Å². The van der Waals surface area contributed by atoms with Crippen molar-refractivity contribution in [3.8, 4) is 16.9 Å².